The maximum absolute atomic E-state index is 11.9. The molecule has 1 aliphatic heterocycles. The minimum atomic E-state index is -3.32. The monoisotopic (exact) mass is 264 g/mol. The molecule has 0 aromatic heterocycles. The van der Waals surface area contributed by atoms with E-state index in [0.717, 1.165) is 6.42 Å². The van der Waals surface area contributed by atoms with Crippen molar-refractivity contribution < 1.29 is 18.3 Å². The summed E-state index contributed by atoms with van der Waals surface area (Å²) in [4.78, 5) is 10.5. The lowest BCUT2D eigenvalue weighted by molar-refractivity contribution is -0.137. The van der Waals surface area contributed by atoms with Gasteiger partial charge in [-0.1, -0.05) is 6.92 Å². The number of carboxylic acids is 1. The largest absolute Gasteiger partial charge is 0.481 e. The molecule has 0 saturated carbocycles. The molecule has 1 aliphatic rings. The number of rotatable bonds is 5. The van der Waals surface area contributed by atoms with Crippen LogP contribution in [0.5, 0.6) is 0 Å². The Morgan fingerprint density at radius 2 is 2.06 bits per heavy atom. The van der Waals surface area contributed by atoms with Crippen molar-refractivity contribution in [2.24, 2.45) is 5.92 Å². The summed E-state index contributed by atoms with van der Waals surface area (Å²) in [6.45, 7) is 3.27. The molecule has 0 aliphatic carbocycles. The summed E-state index contributed by atoms with van der Waals surface area (Å²) in [6, 6.07) is 0. The lowest BCUT2D eigenvalue weighted by Crippen LogP contribution is -2.52. The maximum atomic E-state index is 11.9. The van der Waals surface area contributed by atoms with Crippen molar-refractivity contribution in [1.82, 2.24) is 8.61 Å². The van der Waals surface area contributed by atoms with Crippen molar-refractivity contribution in [3.05, 3.63) is 0 Å². The van der Waals surface area contributed by atoms with Crippen LogP contribution in [0, 0.1) is 5.92 Å². The summed E-state index contributed by atoms with van der Waals surface area (Å²) < 4.78 is 26.6. The van der Waals surface area contributed by atoms with Crippen molar-refractivity contribution in [3.8, 4) is 0 Å². The summed E-state index contributed by atoms with van der Waals surface area (Å²) in [5.41, 5.74) is 0. The van der Waals surface area contributed by atoms with Crippen molar-refractivity contribution in [2.45, 2.75) is 26.2 Å². The average Bonchev–Trinajstić information content (AvgIpc) is 2.23. The van der Waals surface area contributed by atoms with Gasteiger partial charge in [0.15, 0.2) is 0 Å². The first-order valence-corrected chi connectivity index (χ1v) is 7.20. The summed E-state index contributed by atoms with van der Waals surface area (Å²) in [5, 5.41) is 8.64. The SMILES string of the molecule is CCCN1CC(CCC(=O)O)CN(C)S1(=O)=O. The van der Waals surface area contributed by atoms with Crippen molar-refractivity contribution >= 4 is 16.2 Å². The zero-order chi connectivity index (χ0) is 13.1. The van der Waals surface area contributed by atoms with Gasteiger partial charge in [0.1, 0.15) is 0 Å². The van der Waals surface area contributed by atoms with E-state index in [1.54, 1.807) is 7.05 Å². The third kappa shape index (κ3) is 3.65. The smallest absolute Gasteiger partial charge is 0.303 e. The molecule has 1 rings (SSSR count). The molecule has 0 aromatic carbocycles. The van der Waals surface area contributed by atoms with Gasteiger partial charge >= 0.3 is 5.97 Å². The van der Waals surface area contributed by atoms with Crippen LogP contribution in [-0.2, 0) is 15.0 Å². The number of aliphatic carboxylic acids is 1. The summed E-state index contributed by atoms with van der Waals surface area (Å²) in [5.74, 6) is -0.727. The predicted molar refractivity (Wildman–Crippen MR) is 63.8 cm³/mol. The minimum absolute atomic E-state index is 0.0958. The highest BCUT2D eigenvalue weighted by molar-refractivity contribution is 7.86. The summed E-state index contributed by atoms with van der Waals surface area (Å²) in [7, 11) is -1.77. The first kappa shape index (κ1) is 14.4. The van der Waals surface area contributed by atoms with Gasteiger partial charge in [-0.2, -0.15) is 17.0 Å². The molecule has 7 heteroatoms. The Bertz CT molecular complexity index is 369. The highest BCUT2D eigenvalue weighted by Gasteiger charge is 2.35. The van der Waals surface area contributed by atoms with Gasteiger partial charge in [-0.15, -0.1) is 0 Å². The third-order valence-corrected chi connectivity index (χ3v) is 4.86. The molecule has 0 amide bonds. The van der Waals surface area contributed by atoms with E-state index in [-0.39, 0.29) is 12.3 Å². The molecule has 17 heavy (non-hydrogen) atoms. The van der Waals surface area contributed by atoms with Crippen LogP contribution in [0.25, 0.3) is 0 Å². The normalized spacial score (nSPS) is 25.9. The second-order valence-electron chi connectivity index (χ2n) is 4.44. The summed E-state index contributed by atoms with van der Waals surface area (Å²) in [6.07, 6.45) is 1.38. The number of carbonyl (C=O) groups is 1. The Kier molecular flexibility index (Phi) is 4.91. The maximum Gasteiger partial charge on any atom is 0.303 e. The number of carboxylic acid groups (broad SMARTS) is 1. The van der Waals surface area contributed by atoms with E-state index in [1.807, 2.05) is 6.92 Å². The van der Waals surface area contributed by atoms with Gasteiger partial charge < -0.3 is 5.11 Å². The fourth-order valence-electron chi connectivity index (χ4n) is 2.06. The van der Waals surface area contributed by atoms with E-state index in [4.69, 9.17) is 5.11 Å². The van der Waals surface area contributed by atoms with Crippen LogP contribution in [0.2, 0.25) is 0 Å². The Balaban J connectivity index is 2.66. The van der Waals surface area contributed by atoms with Gasteiger partial charge in [0.05, 0.1) is 0 Å². The van der Waals surface area contributed by atoms with Crippen LogP contribution in [0.1, 0.15) is 26.2 Å². The second-order valence-corrected chi connectivity index (χ2v) is 6.48. The standard InChI is InChI=1S/C10H20N2O4S/c1-3-6-12-8-9(4-5-10(13)14)7-11(2)17(12,15)16/h9H,3-8H2,1-2H3,(H,13,14). The molecule has 100 valence electrons. The van der Waals surface area contributed by atoms with Gasteiger partial charge in [0, 0.05) is 33.1 Å². The van der Waals surface area contributed by atoms with Crippen LogP contribution >= 0.6 is 0 Å². The van der Waals surface area contributed by atoms with E-state index >= 15 is 0 Å². The van der Waals surface area contributed by atoms with E-state index < -0.39 is 16.2 Å². The van der Waals surface area contributed by atoms with E-state index in [0.29, 0.717) is 26.1 Å². The molecule has 6 nitrogen and oxygen atoms in total. The molecule has 1 unspecified atom stereocenters. The minimum Gasteiger partial charge on any atom is -0.481 e. The lowest BCUT2D eigenvalue weighted by atomic mass is 10.0. The Hall–Kier alpha value is -0.660. The zero-order valence-electron chi connectivity index (χ0n) is 10.3. The molecule has 1 heterocycles. The number of hydrogen-bond donors (Lipinski definition) is 1. The first-order valence-electron chi connectivity index (χ1n) is 5.81. The molecule has 0 spiro atoms. The molecular formula is C10H20N2O4S. The van der Waals surface area contributed by atoms with Crippen LogP contribution in [0.15, 0.2) is 0 Å². The van der Waals surface area contributed by atoms with Gasteiger partial charge in [-0.3, -0.25) is 4.79 Å². The van der Waals surface area contributed by atoms with Crippen molar-refractivity contribution in [2.75, 3.05) is 26.7 Å². The molecule has 1 atom stereocenters. The Labute approximate surface area is 102 Å². The van der Waals surface area contributed by atoms with E-state index in [1.165, 1.54) is 8.61 Å². The molecule has 0 bridgehead atoms. The second kappa shape index (κ2) is 5.79. The van der Waals surface area contributed by atoms with Crippen LogP contribution < -0.4 is 0 Å². The fraction of sp³-hybridized carbons (Fsp3) is 0.900. The predicted octanol–water partition coefficient (Wildman–Crippen LogP) is 0.370. The van der Waals surface area contributed by atoms with Crippen LogP contribution in [-0.4, -0.2) is 54.8 Å². The zero-order valence-corrected chi connectivity index (χ0v) is 11.1. The topological polar surface area (TPSA) is 77.9 Å². The lowest BCUT2D eigenvalue weighted by Gasteiger charge is -2.37. The molecule has 0 radical (unpaired) electrons. The van der Waals surface area contributed by atoms with Crippen LogP contribution in [0.3, 0.4) is 0 Å². The van der Waals surface area contributed by atoms with Crippen LogP contribution in [0.4, 0.5) is 0 Å². The van der Waals surface area contributed by atoms with Gasteiger partial charge in [-0.05, 0) is 18.8 Å². The Morgan fingerprint density at radius 1 is 1.41 bits per heavy atom. The molecular weight excluding hydrogens is 244 g/mol. The third-order valence-electron chi connectivity index (χ3n) is 2.94. The summed E-state index contributed by atoms with van der Waals surface area (Å²) >= 11 is 0. The van der Waals surface area contributed by atoms with Gasteiger partial charge in [0.2, 0.25) is 0 Å². The average molecular weight is 264 g/mol. The van der Waals surface area contributed by atoms with Crippen molar-refractivity contribution in [1.29, 1.82) is 0 Å². The van der Waals surface area contributed by atoms with E-state index in [2.05, 4.69) is 0 Å². The van der Waals surface area contributed by atoms with Gasteiger partial charge in [0.25, 0.3) is 10.2 Å². The molecule has 1 fully saturated rings. The number of nitrogens with zero attached hydrogens (tertiary/aromatic N) is 2. The molecule has 0 aromatic rings. The van der Waals surface area contributed by atoms with Crippen molar-refractivity contribution in [3.63, 3.8) is 0 Å². The highest BCUT2D eigenvalue weighted by atomic mass is 32.2. The quantitative estimate of drug-likeness (QED) is 0.778. The molecule has 1 saturated heterocycles. The first-order chi connectivity index (χ1) is 7.87. The fourth-order valence-corrected chi connectivity index (χ4v) is 3.67. The van der Waals surface area contributed by atoms with E-state index in [9.17, 15) is 13.2 Å². The highest BCUT2D eigenvalue weighted by Crippen LogP contribution is 2.22. The molecule has 1 N–H and O–H groups in total. The number of hydrogen-bond acceptors (Lipinski definition) is 3. The van der Waals surface area contributed by atoms with Gasteiger partial charge in [-0.25, -0.2) is 0 Å². The Morgan fingerprint density at radius 3 is 2.59 bits per heavy atom.